The topological polar surface area (TPSA) is 96.3 Å². The first-order valence-corrected chi connectivity index (χ1v) is 9.29. The van der Waals surface area contributed by atoms with Crippen LogP contribution in [-0.2, 0) is 14.3 Å². The van der Waals surface area contributed by atoms with Crippen molar-refractivity contribution in [3.8, 4) is 6.07 Å². The summed E-state index contributed by atoms with van der Waals surface area (Å²) in [6.07, 6.45) is -1.11. The third kappa shape index (κ3) is 5.91. The van der Waals surface area contributed by atoms with Crippen LogP contribution in [0.3, 0.4) is 0 Å². The van der Waals surface area contributed by atoms with Crippen LogP contribution in [0.5, 0.6) is 0 Å². The second-order valence-corrected chi connectivity index (χ2v) is 7.46. The average Bonchev–Trinajstić information content (AvgIpc) is 3.06. The molecule has 0 saturated carbocycles. The number of ether oxygens (including phenoxy) is 1. The number of aryl methyl sites for hydroxylation is 1. The molecule has 27 heavy (non-hydrogen) atoms. The number of carbonyl (C=O) groups is 3. The lowest BCUT2D eigenvalue weighted by molar-refractivity contribution is -0.153. The molecule has 0 fully saturated rings. The normalized spacial score (nSPS) is 11.3. The van der Waals surface area contributed by atoms with Crippen LogP contribution in [0, 0.1) is 18.3 Å². The molecule has 0 spiro atoms. The Morgan fingerprint density at radius 2 is 2.00 bits per heavy atom. The maximum Gasteiger partial charge on any atom is 0.307 e. The number of carbonyl (C=O) groups excluding carboxylic acids is 3. The molecule has 0 aliphatic carbocycles. The van der Waals surface area contributed by atoms with E-state index in [0.29, 0.717) is 16.1 Å². The smallest absolute Gasteiger partial charge is 0.307 e. The van der Waals surface area contributed by atoms with Gasteiger partial charge in [0.15, 0.2) is 11.9 Å². The second-order valence-electron chi connectivity index (χ2n) is 5.76. The Morgan fingerprint density at radius 1 is 1.26 bits per heavy atom. The summed E-state index contributed by atoms with van der Waals surface area (Å²) in [6, 6.07) is 9.94. The Hall–Kier alpha value is -2.69. The van der Waals surface area contributed by atoms with E-state index in [4.69, 9.17) is 21.6 Å². The van der Waals surface area contributed by atoms with Gasteiger partial charge in [-0.3, -0.25) is 14.4 Å². The van der Waals surface area contributed by atoms with Gasteiger partial charge >= 0.3 is 5.97 Å². The van der Waals surface area contributed by atoms with E-state index in [1.807, 2.05) is 19.1 Å². The summed E-state index contributed by atoms with van der Waals surface area (Å²) in [7, 11) is 0. The van der Waals surface area contributed by atoms with Crippen LogP contribution in [-0.4, -0.2) is 23.8 Å². The Bertz CT molecular complexity index is 917. The van der Waals surface area contributed by atoms with Gasteiger partial charge in [-0.05, 0) is 44.2 Å². The predicted octanol–water partition coefficient (Wildman–Crippen LogP) is 4.11. The quantitative estimate of drug-likeness (QED) is 0.553. The molecule has 1 N–H and O–H groups in total. The van der Waals surface area contributed by atoms with E-state index >= 15 is 0 Å². The molecule has 2 aromatic rings. The summed E-state index contributed by atoms with van der Waals surface area (Å²) in [5.74, 6) is -1.30. The number of benzene rings is 1. The number of nitrogens with one attached hydrogen (secondary N) is 1. The minimum Gasteiger partial charge on any atom is -0.453 e. The Labute approximate surface area is 165 Å². The molecule has 140 valence electrons. The number of thiophene rings is 1. The van der Waals surface area contributed by atoms with Crippen LogP contribution in [0.25, 0.3) is 0 Å². The molecule has 8 heteroatoms. The van der Waals surface area contributed by atoms with E-state index in [0.717, 1.165) is 4.88 Å². The fraction of sp³-hybridized carbons (Fsp3) is 0.263. The van der Waals surface area contributed by atoms with Gasteiger partial charge in [-0.1, -0.05) is 11.6 Å². The van der Waals surface area contributed by atoms with Crippen LogP contribution < -0.4 is 5.32 Å². The van der Waals surface area contributed by atoms with E-state index in [2.05, 4.69) is 5.32 Å². The van der Waals surface area contributed by atoms with Crippen molar-refractivity contribution < 1.29 is 19.1 Å². The number of Topliss-reactive ketones (excluding diaryl/α,β-unsaturated/α-hetero) is 1. The lowest BCUT2D eigenvalue weighted by Gasteiger charge is -2.13. The van der Waals surface area contributed by atoms with Crippen LogP contribution in [0.1, 0.15) is 39.9 Å². The van der Waals surface area contributed by atoms with Crippen molar-refractivity contribution in [2.75, 3.05) is 5.32 Å². The van der Waals surface area contributed by atoms with Gasteiger partial charge in [-0.25, -0.2) is 0 Å². The molecule has 1 aromatic carbocycles. The Balaban J connectivity index is 1.83. The number of hydrogen-bond acceptors (Lipinski definition) is 6. The van der Waals surface area contributed by atoms with E-state index in [9.17, 15) is 14.4 Å². The minimum absolute atomic E-state index is 0.0261. The lowest BCUT2D eigenvalue weighted by Crippen LogP contribution is -2.30. The van der Waals surface area contributed by atoms with Crippen molar-refractivity contribution in [1.29, 1.82) is 5.26 Å². The summed E-state index contributed by atoms with van der Waals surface area (Å²) in [4.78, 5) is 37.6. The summed E-state index contributed by atoms with van der Waals surface area (Å²) in [5, 5.41) is 11.6. The fourth-order valence-electron chi connectivity index (χ4n) is 2.16. The van der Waals surface area contributed by atoms with Crippen molar-refractivity contribution in [3.05, 3.63) is 50.7 Å². The second kappa shape index (κ2) is 9.31. The summed E-state index contributed by atoms with van der Waals surface area (Å²) in [6.45, 7) is 3.33. The molecule has 6 nitrogen and oxygen atoms in total. The number of esters is 1. The molecule has 1 aromatic heterocycles. The van der Waals surface area contributed by atoms with Gasteiger partial charge in [-0.15, -0.1) is 11.3 Å². The standard InChI is InChI=1S/C19H17ClN2O4S/c1-11-3-7-17(27-11)16(23)6-8-18(24)26-12(2)19(25)22-14-5-4-13(10-21)15(20)9-14/h3-5,7,9,12H,6,8H2,1-2H3,(H,22,25)/t12-/m1/s1. The molecule has 1 atom stereocenters. The average molecular weight is 405 g/mol. The zero-order valence-electron chi connectivity index (χ0n) is 14.7. The molecule has 0 unspecified atom stereocenters. The molecule has 2 rings (SSSR count). The van der Waals surface area contributed by atoms with Gasteiger partial charge in [0.05, 0.1) is 21.9 Å². The molecular formula is C19H17ClN2O4S. The molecule has 0 saturated heterocycles. The largest absolute Gasteiger partial charge is 0.453 e. The SMILES string of the molecule is Cc1ccc(C(=O)CCC(=O)O[C@H](C)C(=O)Nc2ccc(C#N)c(Cl)c2)s1. The first-order valence-electron chi connectivity index (χ1n) is 8.09. The Morgan fingerprint density at radius 3 is 2.59 bits per heavy atom. The molecule has 1 amide bonds. The maximum atomic E-state index is 12.1. The highest BCUT2D eigenvalue weighted by molar-refractivity contribution is 7.14. The van der Waals surface area contributed by atoms with Gasteiger partial charge in [0, 0.05) is 17.0 Å². The number of halogens is 1. The van der Waals surface area contributed by atoms with Gasteiger partial charge in [-0.2, -0.15) is 5.26 Å². The van der Waals surface area contributed by atoms with Crippen molar-refractivity contribution in [2.24, 2.45) is 0 Å². The van der Waals surface area contributed by atoms with Crippen molar-refractivity contribution in [2.45, 2.75) is 32.8 Å². The number of amides is 1. The van der Waals surface area contributed by atoms with E-state index in [1.165, 1.54) is 36.5 Å². The first kappa shape index (κ1) is 20.6. The van der Waals surface area contributed by atoms with Crippen LogP contribution >= 0.6 is 22.9 Å². The Kier molecular flexibility index (Phi) is 7.11. The van der Waals surface area contributed by atoms with E-state index in [-0.39, 0.29) is 23.6 Å². The number of anilines is 1. The van der Waals surface area contributed by atoms with E-state index < -0.39 is 18.0 Å². The monoisotopic (exact) mass is 404 g/mol. The highest BCUT2D eigenvalue weighted by Crippen LogP contribution is 2.21. The zero-order valence-corrected chi connectivity index (χ0v) is 16.3. The third-order valence-corrected chi connectivity index (χ3v) is 4.96. The van der Waals surface area contributed by atoms with Crippen LogP contribution in [0.15, 0.2) is 30.3 Å². The van der Waals surface area contributed by atoms with Crippen molar-refractivity contribution >= 4 is 46.3 Å². The van der Waals surface area contributed by atoms with Gasteiger partial charge < -0.3 is 10.1 Å². The molecule has 1 heterocycles. The molecule has 0 bridgehead atoms. The maximum absolute atomic E-state index is 12.1. The summed E-state index contributed by atoms with van der Waals surface area (Å²) in [5.41, 5.74) is 0.676. The molecule has 0 aliphatic heterocycles. The number of ketones is 1. The number of nitriles is 1. The number of nitrogens with zero attached hydrogens (tertiary/aromatic N) is 1. The summed E-state index contributed by atoms with van der Waals surface area (Å²) < 4.78 is 5.07. The molecule has 0 aliphatic rings. The zero-order chi connectivity index (χ0) is 20.0. The number of rotatable bonds is 7. The fourth-order valence-corrected chi connectivity index (χ4v) is 3.22. The van der Waals surface area contributed by atoms with Gasteiger partial charge in [0.1, 0.15) is 6.07 Å². The van der Waals surface area contributed by atoms with E-state index in [1.54, 1.807) is 6.07 Å². The highest BCUT2D eigenvalue weighted by Gasteiger charge is 2.19. The summed E-state index contributed by atoms with van der Waals surface area (Å²) >= 11 is 7.28. The van der Waals surface area contributed by atoms with Crippen molar-refractivity contribution in [3.63, 3.8) is 0 Å². The van der Waals surface area contributed by atoms with Crippen LogP contribution in [0.2, 0.25) is 5.02 Å². The first-order chi connectivity index (χ1) is 12.8. The predicted molar refractivity (Wildman–Crippen MR) is 103 cm³/mol. The molecule has 0 radical (unpaired) electrons. The minimum atomic E-state index is -1.04. The van der Waals surface area contributed by atoms with Crippen molar-refractivity contribution in [1.82, 2.24) is 0 Å². The number of hydrogen-bond donors (Lipinski definition) is 1. The third-order valence-electron chi connectivity index (χ3n) is 3.61. The van der Waals surface area contributed by atoms with Crippen LogP contribution in [0.4, 0.5) is 5.69 Å². The lowest BCUT2D eigenvalue weighted by atomic mass is 10.2. The highest BCUT2D eigenvalue weighted by atomic mass is 35.5. The van der Waals surface area contributed by atoms with Gasteiger partial charge in [0.25, 0.3) is 5.91 Å². The molecular weight excluding hydrogens is 388 g/mol. The van der Waals surface area contributed by atoms with Gasteiger partial charge in [0.2, 0.25) is 0 Å².